The highest BCUT2D eigenvalue weighted by molar-refractivity contribution is 7.89. The van der Waals surface area contributed by atoms with E-state index in [0.717, 1.165) is 6.42 Å². The molecule has 0 spiro atoms. The molecule has 2 rings (SSSR count). The van der Waals surface area contributed by atoms with Crippen molar-refractivity contribution in [1.82, 2.24) is 14.9 Å². The lowest BCUT2D eigenvalue weighted by Crippen LogP contribution is -2.30. The van der Waals surface area contributed by atoms with E-state index in [1.807, 2.05) is 6.92 Å². The van der Waals surface area contributed by atoms with Crippen LogP contribution in [0.5, 0.6) is 5.75 Å². The summed E-state index contributed by atoms with van der Waals surface area (Å²) < 4.78 is 37.7. The summed E-state index contributed by atoms with van der Waals surface area (Å²) in [5.74, 6) is 1.30. The summed E-state index contributed by atoms with van der Waals surface area (Å²) >= 11 is 0. The van der Waals surface area contributed by atoms with Crippen LogP contribution in [0, 0.1) is 0 Å². The first-order valence-corrected chi connectivity index (χ1v) is 8.89. The van der Waals surface area contributed by atoms with E-state index in [1.54, 1.807) is 19.9 Å². The highest BCUT2D eigenvalue weighted by Crippen LogP contribution is 2.31. The average Bonchev–Trinajstić information content (AvgIpc) is 2.94. The van der Waals surface area contributed by atoms with Gasteiger partial charge >= 0.3 is 0 Å². The zero-order valence-corrected chi connectivity index (χ0v) is 14.5. The van der Waals surface area contributed by atoms with E-state index >= 15 is 0 Å². The number of aryl methyl sites for hydroxylation is 1. The molecular weight excluding hydrogens is 318 g/mol. The van der Waals surface area contributed by atoms with Crippen molar-refractivity contribution in [3.05, 3.63) is 24.0 Å². The Balaban J connectivity index is 2.47. The van der Waals surface area contributed by atoms with Crippen LogP contribution in [-0.4, -0.2) is 31.7 Å². The molecule has 1 N–H and O–H groups in total. The Morgan fingerprint density at radius 2 is 2.09 bits per heavy atom. The van der Waals surface area contributed by atoms with E-state index in [1.165, 1.54) is 19.2 Å². The SMILES string of the molecule is CCCc1noc(-c2cc(S(=O)(=O)NC(C)C)ccc2OC)n1. The normalized spacial score (nSPS) is 11.9. The van der Waals surface area contributed by atoms with Crippen LogP contribution in [0.2, 0.25) is 0 Å². The van der Waals surface area contributed by atoms with Crippen LogP contribution in [0.4, 0.5) is 0 Å². The largest absolute Gasteiger partial charge is 0.496 e. The minimum Gasteiger partial charge on any atom is -0.496 e. The molecule has 0 bridgehead atoms. The summed E-state index contributed by atoms with van der Waals surface area (Å²) in [5.41, 5.74) is 0.453. The van der Waals surface area contributed by atoms with Crippen LogP contribution >= 0.6 is 0 Å². The summed E-state index contributed by atoms with van der Waals surface area (Å²) in [6.45, 7) is 5.54. The topological polar surface area (TPSA) is 94.3 Å². The van der Waals surface area contributed by atoms with Crippen LogP contribution in [0.25, 0.3) is 11.5 Å². The number of hydrogen-bond acceptors (Lipinski definition) is 6. The van der Waals surface area contributed by atoms with E-state index in [-0.39, 0.29) is 16.8 Å². The lowest BCUT2D eigenvalue weighted by Gasteiger charge is -2.11. The predicted octanol–water partition coefficient (Wildman–Crippen LogP) is 2.38. The first-order valence-electron chi connectivity index (χ1n) is 7.40. The van der Waals surface area contributed by atoms with Gasteiger partial charge < -0.3 is 9.26 Å². The zero-order valence-electron chi connectivity index (χ0n) is 13.7. The van der Waals surface area contributed by atoms with E-state index in [9.17, 15) is 8.42 Å². The lowest BCUT2D eigenvalue weighted by molar-refractivity contribution is 0.402. The molecule has 0 saturated heterocycles. The molecule has 0 fully saturated rings. The molecule has 2 aromatic rings. The van der Waals surface area contributed by atoms with Gasteiger partial charge in [-0.3, -0.25) is 0 Å². The number of nitrogens with one attached hydrogen (secondary N) is 1. The summed E-state index contributed by atoms with van der Waals surface area (Å²) in [4.78, 5) is 4.41. The molecule has 0 atom stereocenters. The summed E-state index contributed by atoms with van der Waals surface area (Å²) in [5, 5.41) is 3.89. The zero-order chi connectivity index (χ0) is 17.0. The minimum absolute atomic E-state index is 0.122. The molecule has 7 nitrogen and oxygen atoms in total. The van der Waals surface area contributed by atoms with E-state index in [0.29, 0.717) is 23.6 Å². The molecule has 0 amide bonds. The molecule has 1 aromatic carbocycles. The van der Waals surface area contributed by atoms with Crippen molar-refractivity contribution < 1.29 is 17.7 Å². The fourth-order valence-corrected chi connectivity index (χ4v) is 3.37. The number of hydrogen-bond donors (Lipinski definition) is 1. The molecule has 0 radical (unpaired) electrons. The quantitative estimate of drug-likeness (QED) is 0.832. The van der Waals surface area contributed by atoms with Crippen molar-refractivity contribution >= 4 is 10.0 Å². The summed E-state index contributed by atoms with van der Waals surface area (Å²) in [7, 11) is -2.11. The molecule has 1 heterocycles. The van der Waals surface area contributed by atoms with Gasteiger partial charge in [0.25, 0.3) is 5.89 Å². The van der Waals surface area contributed by atoms with Crippen LogP contribution in [0.15, 0.2) is 27.6 Å². The summed E-state index contributed by atoms with van der Waals surface area (Å²) in [6.07, 6.45) is 1.58. The highest BCUT2D eigenvalue weighted by Gasteiger charge is 2.20. The maximum atomic E-state index is 12.3. The second-order valence-electron chi connectivity index (χ2n) is 5.40. The number of benzene rings is 1. The Labute approximate surface area is 136 Å². The first kappa shape index (κ1) is 17.4. The van der Waals surface area contributed by atoms with Gasteiger partial charge in [-0.25, -0.2) is 13.1 Å². The molecular formula is C15H21N3O4S. The lowest BCUT2D eigenvalue weighted by atomic mass is 10.2. The van der Waals surface area contributed by atoms with Gasteiger partial charge in [-0.15, -0.1) is 0 Å². The van der Waals surface area contributed by atoms with Gasteiger partial charge in [0, 0.05) is 12.5 Å². The molecule has 0 unspecified atom stereocenters. The van der Waals surface area contributed by atoms with Crippen molar-refractivity contribution in [2.75, 3.05) is 7.11 Å². The van der Waals surface area contributed by atoms with Gasteiger partial charge in [-0.2, -0.15) is 4.98 Å². The van der Waals surface area contributed by atoms with Crippen LogP contribution in [-0.2, 0) is 16.4 Å². The fourth-order valence-electron chi connectivity index (χ4n) is 2.09. The Morgan fingerprint density at radius 3 is 2.70 bits per heavy atom. The second-order valence-corrected chi connectivity index (χ2v) is 7.12. The van der Waals surface area contributed by atoms with Gasteiger partial charge in [0.1, 0.15) is 5.75 Å². The number of rotatable bonds is 7. The number of methoxy groups -OCH3 is 1. The molecule has 0 aliphatic heterocycles. The van der Waals surface area contributed by atoms with Crippen molar-refractivity contribution in [2.24, 2.45) is 0 Å². The molecule has 8 heteroatoms. The highest BCUT2D eigenvalue weighted by atomic mass is 32.2. The third-order valence-electron chi connectivity index (χ3n) is 3.04. The molecule has 23 heavy (non-hydrogen) atoms. The monoisotopic (exact) mass is 339 g/mol. The number of sulfonamides is 1. The Bertz CT molecular complexity index is 769. The first-order chi connectivity index (χ1) is 10.9. The summed E-state index contributed by atoms with van der Waals surface area (Å²) in [6, 6.07) is 4.34. The van der Waals surface area contributed by atoms with Crippen LogP contribution < -0.4 is 9.46 Å². The van der Waals surface area contributed by atoms with Gasteiger partial charge in [-0.1, -0.05) is 12.1 Å². The Kier molecular flexibility index (Phi) is 5.38. The fraction of sp³-hybridized carbons (Fsp3) is 0.467. The molecule has 1 aromatic heterocycles. The molecule has 126 valence electrons. The Morgan fingerprint density at radius 1 is 1.35 bits per heavy atom. The van der Waals surface area contributed by atoms with Gasteiger partial charge in [-0.05, 0) is 38.5 Å². The average molecular weight is 339 g/mol. The third-order valence-corrected chi connectivity index (χ3v) is 4.70. The van der Waals surface area contributed by atoms with Crippen molar-refractivity contribution in [1.29, 1.82) is 0 Å². The van der Waals surface area contributed by atoms with Gasteiger partial charge in [0.2, 0.25) is 10.0 Å². The smallest absolute Gasteiger partial charge is 0.261 e. The van der Waals surface area contributed by atoms with Crippen LogP contribution in [0.3, 0.4) is 0 Å². The van der Waals surface area contributed by atoms with Crippen molar-refractivity contribution in [2.45, 2.75) is 44.6 Å². The molecule has 0 saturated carbocycles. The number of aromatic nitrogens is 2. The predicted molar refractivity (Wildman–Crippen MR) is 85.7 cm³/mol. The maximum Gasteiger partial charge on any atom is 0.261 e. The number of ether oxygens (including phenoxy) is 1. The van der Waals surface area contributed by atoms with E-state index < -0.39 is 10.0 Å². The number of nitrogens with zero attached hydrogens (tertiary/aromatic N) is 2. The van der Waals surface area contributed by atoms with Gasteiger partial charge in [0.05, 0.1) is 17.6 Å². The van der Waals surface area contributed by atoms with E-state index in [4.69, 9.17) is 9.26 Å². The third kappa shape index (κ3) is 4.08. The van der Waals surface area contributed by atoms with Crippen molar-refractivity contribution in [3.63, 3.8) is 0 Å². The molecule has 0 aliphatic carbocycles. The van der Waals surface area contributed by atoms with E-state index in [2.05, 4.69) is 14.9 Å². The standard InChI is InChI=1S/C15H21N3O4S/c1-5-6-14-16-15(22-17-14)12-9-11(7-8-13(12)21-4)23(19,20)18-10(2)3/h7-10,18H,5-6H2,1-4H3. The maximum absolute atomic E-state index is 12.3. The Hall–Kier alpha value is -1.93. The van der Waals surface area contributed by atoms with Gasteiger partial charge in [0.15, 0.2) is 5.82 Å². The van der Waals surface area contributed by atoms with Crippen molar-refractivity contribution in [3.8, 4) is 17.2 Å². The van der Waals surface area contributed by atoms with Crippen LogP contribution in [0.1, 0.15) is 33.0 Å². The second kappa shape index (κ2) is 7.10. The molecule has 0 aliphatic rings. The minimum atomic E-state index is -3.61.